The molecule has 1 N–H and O–H groups in total. The first-order valence-electron chi connectivity index (χ1n) is 14.4. The summed E-state index contributed by atoms with van der Waals surface area (Å²) < 4.78 is 22.7. The Labute approximate surface area is 252 Å². The molecule has 0 radical (unpaired) electrons. The third-order valence-electron chi connectivity index (χ3n) is 6.62. The highest BCUT2D eigenvalue weighted by atomic mass is 16.6. The summed E-state index contributed by atoms with van der Waals surface area (Å²) in [6.07, 6.45) is 0.517. The van der Waals surface area contributed by atoms with Gasteiger partial charge < -0.3 is 29.0 Å². The van der Waals surface area contributed by atoms with E-state index in [0.717, 1.165) is 24.2 Å². The Morgan fingerprint density at radius 1 is 0.721 bits per heavy atom. The number of carbonyl (C=O) groups is 2. The monoisotopic (exact) mass is 583 g/mol. The van der Waals surface area contributed by atoms with Crippen LogP contribution in [0, 0.1) is 0 Å². The van der Waals surface area contributed by atoms with Crippen LogP contribution in [0.5, 0.6) is 23.0 Å². The Kier molecular flexibility index (Phi) is 12.0. The number of benzene rings is 4. The molecule has 0 aliphatic carbocycles. The molecule has 0 aliphatic heterocycles. The fourth-order valence-electron chi connectivity index (χ4n) is 4.41. The van der Waals surface area contributed by atoms with Crippen LogP contribution >= 0.6 is 0 Å². The van der Waals surface area contributed by atoms with E-state index in [1.807, 2.05) is 60.7 Å². The van der Waals surface area contributed by atoms with Gasteiger partial charge in [-0.15, -0.1) is 0 Å². The Balaban J connectivity index is 1.32. The van der Waals surface area contributed by atoms with E-state index in [-0.39, 0.29) is 13.0 Å². The van der Waals surface area contributed by atoms with Crippen LogP contribution in [0.4, 0.5) is 4.79 Å². The van der Waals surface area contributed by atoms with Crippen LogP contribution in [0.25, 0.3) is 0 Å². The molecule has 224 valence electrons. The number of carbonyl (C=O) groups excluding carboxylic acids is 1. The normalized spacial score (nSPS) is 11.4. The first-order valence-corrected chi connectivity index (χ1v) is 14.4. The Bertz CT molecular complexity index is 1390. The van der Waals surface area contributed by atoms with Gasteiger partial charge in [-0.2, -0.15) is 0 Å². The summed E-state index contributed by atoms with van der Waals surface area (Å²) in [6, 6.07) is 33.7. The fraction of sp³-hybridized carbons (Fsp3) is 0.257. The predicted molar refractivity (Wildman–Crippen MR) is 164 cm³/mol. The van der Waals surface area contributed by atoms with Crippen molar-refractivity contribution in [1.82, 2.24) is 4.90 Å². The lowest BCUT2D eigenvalue weighted by atomic mass is 10.1. The van der Waals surface area contributed by atoms with Gasteiger partial charge >= 0.3 is 12.1 Å². The molecule has 0 saturated heterocycles. The first-order chi connectivity index (χ1) is 21.0. The van der Waals surface area contributed by atoms with Gasteiger partial charge in [0.15, 0.2) is 6.10 Å². The largest absolute Gasteiger partial charge is 0.492 e. The third-order valence-corrected chi connectivity index (χ3v) is 6.62. The summed E-state index contributed by atoms with van der Waals surface area (Å²) in [7, 11) is 0. The number of carboxylic acid groups (broad SMARTS) is 1. The number of amides is 1. The molecule has 1 amide bonds. The second-order valence-electron chi connectivity index (χ2n) is 9.81. The van der Waals surface area contributed by atoms with Crippen molar-refractivity contribution in [2.24, 2.45) is 0 Å². The zero-order chi connectivity index (χ0) is 30.3. The molecule has 4 aromatic rings. The molecule has 0 saturated carbocycles. The van der Waals surface area contributed by atoms with Crippen LogP contribution in [-0.4, -0.2) is 54.5 Å². The minimum Gasteiger partial charge on any atom is -0.492 e. The number of hydrogen-bond donors (Lipinski definition) is 1. The predicted octanol–water partition coefficient (Wildman–Crippen LogP) is 7.02. The summed E-state index contributed by atoms with van der Waals surface area (Å²) in [6.45, 7) is 3.19. The molecular weight excluding hydrogens is 546 g/mol. The fourth-order valence-corrected chi connectivity index (χ4v) is 4.41. The highest BCUT2D eigenvalue weighted by Crippen LogP contribution is 2.24. The number of rotatable bonds is 16. The topological polar surface area (TPSA) is 94.5 Å². The Hall–Kier alpha value is -4.82. The van der Waals surface area contributed by atoms with Gasteiger partial charge in [0.05, 0.1) is 6.54 Å². The Morgan fingerprint density at radius 2 is 1.33 bits per heavy atom. The van der Waals surface area contributed by atoms with Crippen LogP contribution in [0.2, 0.25) is 0 Å². The van der Waals surface area contributed by atoms with Crippen LogP contribution in [-0.2, 0) is 22.4 Å². The zero-order valence-electron chi connectivity index (χ0n) is 24.3. The minimum absolute atomic E-state index is 0.264. The maximum absolute atomic E-state index is 13.2. The van der Waals surface area contributed by atoms with E-state index in [0.29, 0.717) is 36.9 Å². The molecule has 0 fully saturated rings. The standard InChI is InChI=1S/C35H37NO7/c1-2-40-33(34(37)38)26-28-15-17-29(18-16-28)41-25-24-36(23-9-12-27-10-5-3-6-11-27)35(39)43-32-21-19-31(20-22-32)42-30-13-7-4-8-14-30/h3-8,10-11,13-22,33H,2,9,12,23-26H2,1H3,(H,37,38). The highest BCUT2D eigenvalue weighted by Gasteiger charge is 2.18. The van der Waals surface area contributed by atoms with E-state index >= 15 is 0 Å². The average molecular weight is 584 g/mol. The molecule has 4 rings (SSSR count). The second kappa shape index (κ2) is 16.6. The molecule has 0 heterocycles. The van der Waals surface area contributed by atoms with Crippen molar-refractivity contribution < 1.29 is 33.6 Å². The van der Waals surface area contributed by atoms with E-state index < -0.39 is 18.2 Å². The van der Waals surface area contributed by atoms with E-state index in [4.69, 9.17) is 18.9 Å². The summed E-state index contributed by atoms with van der Waals surface area (Å²) in [4.78, 5) is 26.2. The summed E-state index contributed by atoms with van der Waals surface area (Å²) in [5.74, 6) is 1.42. The summed E-state index contributed by atoms with van der Waals surface area (Å²) >= 11 is 0. The van der Waals surface area contributed by atoms with Gasteiger partial charge in [-0.05, 0) is 79.4 Å². The van der Waals surface area contributed by atoms with E-state index in [9.17, 15) is 14.7 Å². The minimum atomic E-state index is -0.988. The van der Waals surface area contributed by atoms with Gasteiger partial charge in [0.25, 0.3) is 0 Å². The molecule has 8 nitrogen and oxygen atoms in total. The van der Waals surface area contributed by atoms with E-state index in [2.05, 4.69) is 12.1 Å². The summed E-state index contributed by atoms with van der Waals surface area (Å²) in [5.41, 5.74) is 2.04. The number of aliphatic carboxylic acids is 1. The van der Waals surface area contributed by atoms with Gasteiger partial charge in [-0.1, -0.05) is 60.7 Å². The average Bonchev–Trinajstić information content (AvgIpc) is 3.03. The SMILES string of the molecule is CCOC(Cc1ccc(OCCN(CCCc2ccccc2)C(=O)Oc2ccc(Oc3ccccc3)cc2)cc1)C(=O)O. The molecule has 0 spiro atoms. The van der Waals surface area contributed by atoms with E-state index in [1.165, 1.54) is 5.56 Å². The number of carboxylic acids is 1. The number of para-hydroxylation sites is 1. The second-order valence-corrected chi connectivity index (χ2v) is 9.81. The quantitative estimate of drug-likeness (QED) is 0.151. The van der Waals surface area contributed by atoms with Gasteiger partial charge in [0, 0.05) is 19.6 Å². The van der Waals surface area contributed by atoms with Gasteiger partial charge in [0.1, 0.15) is 29.6 Å². The first kappa shape index (κ1) is 31.1. The van der Waals surface area contributed by atoms with Gasteiger partial charge in [-0.25, -0.2) is 9.59 Å². The number of ether oxygens (including phenoxy) is 4. The Morgan fingerprint density at radius 3 is 1.98 bits per heavy atom. The third kappa shape index (κ3) is 10.5. The van der Waals surface area contributed by atoms with E-state index in [1.54, 1.807) is 48.2 Å². The van der Waals surface area contributed by atoms with Crippen molar-refractivity contribution >= 4 is 12.1 Å². The number of nitrogens with zero attached hydrogens (tertiary/aromatic N) is 1. The molecule has 0 bridgehead atoms. The van der Waals surface area contributed by atoms with Gasteiger partial charge in [0.2, 0.25) is 0 Å². The molecule has 0 aromatic heterocycles. The van der Waals surface area contributed by atoms with Crippen molar-refractivity contribution in [2.45, 2.75) is 32.3 Å². The number of hydrogen-bond acceptors (Lipinski definition) is 6. The van der Waals surface area contributed by atoms with Crippen molar-refractivity contribution in [1.29, 1.82) is 0 Å². The van der Waals surface area contributed by atoms with Crippen molar-refractivity contribution in [3.8, 4) is 23.0 Å². The summed E-state index contributed by atoms with van der Waals surface area (Å²) in [5, 5.41) is 9.32. The van der Waals surface area contributed by atoms with Crippen LogP contribution in [0.3, 0.4) is 0 Å². The maximum Gasteiger partial charge on any atom is 0.415 e. The van der Waals surface area contributed by atoms with Crippen LogP contribution in [0.15, 0.2) is 109 Å². The molecular formula is C35H37NO7. The maximum atomic E-state index is 13.2. The molecule has 8 heteroatoms. The molecule has 0 aliphatic rings. The molecule has 4 aromatic carbocycles. The molecule has 1 unspecified atom stereocenters. The number of aryl methyl sites for hydroxylation is 1. The van der Waals surface area contributed by atoms with Crippen molar-refractivity contribution in [3.63, 3.8) is 0 Å². The zero-order valence-corrected chi connectivity index (χ0v) is 24.3. The van der Waals surface area contributed by atoms with Crippen molar-refractivity contribution in [2.75, 3.05) is 26.3 Å². The lowest BCUT2D eigenvalue weighted by Gasteiger charge is -2.22. The van der Waals surface area contributed by atoms with Gasteiger partial charge in [-0.3, -0.25) is 0 Å². The molecule has 1 atom stereocenters. The van der Waals surface area contributed by atoms with Crippen molar-refractivity contribution in [3.05, 3.63) is 120 Å². The lowest BCUT2D eigenvalue weighted by molar-refractivity contribution is -0.149. The molecule has 43 heavy (non-hydrogen) atoms. The van der Waals surface area contributed by atoms with Crippen LogP contribution < -0.4 is 14.2 Å². The lowest BCUT2D eigenvalue weighted by Crippen LogP contribution is -2.37. The van der Waals surface area contributed by atoms with Crippen LogP contribution in [0.1, 0.15) is 24.5 Å². The highest BCUT2D eigenvalue weighted by molar-refractivity contribution is 5.72. The smallest absolute Gasteiger partial charge is 0.415 e.